The van der Waals surface area contributed by atoms with E-state index in [0.29, 0.717) is 5.69 Å². The number of nitrogens with two attached hydrogens (primary N) is 1. The van der Waals surface area contributed by atoms with Crippen LogP contribution in [0.4, 0.5) is 10.1 Å². The van der Waals surface area contributed by atoms with Crippen molar-refractivity contribution in [2.75, 3.05) is 12.8 Å². The second-order valence-corrected chi connectivity index (χ2v) is 4.73. The number of ether oxygens (including phenoxy) is 1. The van der Waals surface area contributed by atoms with Crippen molar-refractivity contribution in [3.8, 4) is 11.4 Å². The number of amides is 1. The maximum absolute atomic E-state index is 13.8. The first-order valence-electron chi connectivity index (χ1n) is 6.46. The van der Waals surface area contributed by atoms with Crippen LogP contribution in [0.3, 0.4) is 0 Å². The number of carbonyl (C=O) groups excluding carboxylic acids is 1. The lowest BCUT2D eigenvalue weighted by atomic mass is 10.2. The first-order chi connectivity index (χ1) is 9.92. The lowest BCUT2D eigenvalue weighted by Crippen LogP contribution is -2.18. The molecular weight excluding hydrogens is 275 g/mol. The Morgan fingerprint density at radius 2 is 2.19 bits per heavy atom. The number of nitrogen functional groups attached to an aromatic ring is 1. The fourth-order valence-electron chi connectivity index (χ4n) is 1.81. The van der Waals surface area contributed by atoms with Crippen LogP contribution in [0.1, 0.15) is 24.3 Å². The van der Waals surface area contributed by atoms with E-state index in [1.54, 1.807) is 26.1 Å². The van der Waals surface area contributed by atoms with Crippen molar-refractivity contribution >= 4 is 11.6 Å². The number of benzene rings is 1. The predicted octanol–water partition coefficient (Wildman–Crippen LogP) is 1.74. The number of carbonyl (C=O) groups is 1. The molecule has 0 saturated heterocycles. The number of nitrogens with one attached hydrogen (secondary N) is 1. The molecular formula is C14H17FN4O2. The summed E-state index contributed by atoms with van der Waals surface area (Å²) in [5.41, 5.74) is 6.71. The third kappa shape index (κ3) is 3.13. The van der Waals surface area contributed by atoms with E-state index < -0.39 is 5.82 Å². The fraction of sp³-hybridized carbons (Fsp3) is 0.286. The molecule has 0 saturated carbocycles. The molecule has 1 aromatic heterocycles. The third-order valence-corrected chi connectivity index (χ3v) is 2.74. The second-order valence-electron chi connectivity index (χ2n) is 4.73. The van der Waals surface area contributed by atoms with Crippen molar-refractivity contribution in [3.63, 3.8) is 0 Å². The summed E-state index contributed by atoms with van der Waals surface area (Å²) in [5, 5.41) is 6.59. The summed E-state index contributed by atoms with van der Waals surface area (Å²) in [6.45, 7) is 3.60. The summed E-state index contributed by atoms with van der Waals surface area (Å²) in [5.74, 6) is -0.761. The highest BCUT2D eigenvalue weighted by Crippen LogP contribution is 2.27. The molecule has 0 fully saturated rings. The van der Waals surface area contributed by atoms with Crippen LogP contribution in [-0.2, 0) is 0 Å². The van der Waals surface area contributed by atoms with Crippen LogP contribution >= 0.6 is 0 Å². The molecule has 0 unspecified atom stereocenters. The minimum Gasteiger partial charge on any atom is -0.488 e. The van der Waals surface area contributed by atoms with E-state index in [9.17, 15) is 9.18 Å². The molecule has 21 heavy (non-hydrogen) atoms. The zero-order valence-electron chi connectivity index (χ0n) is 12.1. The Morgan fingerprint density at radius 3 is 2.81 bits per heavy atom. The molecule has 0 aliphatic heterocycles. The Balaban J connectivity index is 2.43. The van der Waals surface area contributed by atoms with E-state index in [2.05, 4.69) is 10.4 Å². The third-order valence-electron chi connectivity index (χ3n) is 2.74. The molecule has 0 aliphatic rings. The summed E-state index contributed by atoms with van der Waals surface area (Å²) in [6, 6.07) is 4.18. The van der Waals surface area contributed by atoms with Gasteiger partial charge in [0.25, 0.3) is 5.91 Å². The standard InChI is InChI=1S/C14H17FN4O2/c1-8(2)21-13-7-12(10(16)6-9(13)15)19-5-4-11(18-19)14(20)17-3/h4-8H,16H2,1-3H3,(H,17,20). The Hall–Kier alpha value is -2.57. The molecule has 0 atom stereocenters. The SMILES string of the molecule is CNC(=O)c1ccn(-c2cc(OC(C)C)c(F)cc2N)n1. The molecule has 6 nitrogen and oxygen atoms in total. The maximum Gasteiger partial charge on any atom is 0.271 e. The Kier molecular flexibility index (Phi) is 4.11. The van der Waals surface area contributed by atoms with Gasteiger partial charge >= 0.3 is 0 Å². The zero-order chi connectivity index (χ0) is 15.6. The van der Waals surface area contributed by atoms with E-state index in [0.717, 1.165) is 0 Å². The fourth-order valence-corrected chi connectivity index (χ4v) is 1.81. The average Bonchev–Trinajstić information content (AvgIpc) is 2.90. The lowest BCUT2D eigenvalue weighted by Gasteiger charge is -2.13. The van der Waals surface area contributed by atoms with Gasteiger partial charge in [-0.25, -0.2) is 9.07 Å². The molecule has 0 bridgehead atoms. The highest BCUT2D eigenvalue weighted by molar-refractivity contribution is 5.91. The molecule has 0 spiro atoms. The number of rotatable bonds is 4. The molecule has 2 aromatic rings. The lowest BCUT2D eigenvalue weighted by molar-refractivity contribution is 0.0957. The van der Waals surface area contributed by atoms with Gasteiger partial charge in [0.05, 0.1) is 17.5 Å². The van der Waals surface area contributed by atoms with Gasteiger partial charge in [-0.1, -0.05) is 0 Å². The van der Waals surface area contributed by atoms with E-state index in [-0.39, 0.29) is 29.1 Å². The van der Waals surface area contributed by atoms with Crippen LogP contribution in [0.25, 0.3) is 5.69 Å². The van der Waals surface area contributed by atoms with E-state index in [4.69, 9.17) is 10.5 Å². The molecule has 0 aliphatic carbocycles. The van der Waals surface area contributed by atoms with Gasteiger partial charge in [0.15, 0.2) is 17.3 Å². The number of hydrogen-bond donors (Lipinski definition) is 2. The molecule has 7 heteroatoms. The van der Waals surface area contributed by atoms with Crippen LogP contribution in [0.15, 0.2) is 24.4 Å². The van der Waals surface area contributed by atoms with Gasteiger partial charge < -0.3 is 15.8 Å². The molecule has 1 heterocycles. The van der Waals surface area contributed by atoms with Crippen LogP contribution in [0, 0.1) is 5.82 Å². The zero-order valence-corrected chi connectivity index (χ0v) is 12.1. The highest BCUT2D eigenvalue weighted by atomic mass is 19.1. The Labute approximate surface area is 121 Å². The summed E-state index contributed by atoms with van der Waals surface area (Å²) >= 11 is 0. The maximum atomic E-state index is 13.8. The summed E-state index contributed by atoms with van der Waals surface area (Å²) in [7, 11) is 1.52. The molecule has 112 valence electrons. The minimum atomic E-state index is -0.538. The van der Waals surface area contributed by atoms with Gasteiger partial charge in [0.2, 0.25) is 0 Å². The van der Waals surface area contributed by atoms with Crippen molar-refractivity contribution in [1.29, 1.82) is 0 Å². The molecule has 2 rings (SSSR count). The van der Waals surface area contributed by atoms with Crippen LogP contribution in [-0.4, -0.2) is 28.8 Å². The number of aromatic nitrogens is 2. The first kappa shape index (κ1) is 14.8. The van der Waals surface area contributed by atoms with Gasteiger partial charge in [0.1, 0.15) is 0 Å². The van der Waals surface area contributed by atoms with Gasteiger partial charge in [-0.15, -0.1) is 0 Å². The van der Waals surface area contributed by atoms with Crippen molar-refractivity contribution in [1.82, 2.24) is 15.1 Å². The second kappa shape index (κ2) is 5.82. The van der Waals surface area contributed by atoms with Gasteiger partial charge in [0, 0.05) is 25.4 Å². The monoisotopic (exact) mass is 292 g/mol. The summed E-state index contributed by atoms with van der Waals surface area (Å²) in [6.07, 6.45) is 1.41. The van der Waals surface area contributed by atoms with Gasteiger partial charge in [-0.3, -0.25) is 4.79 Å². The molecule has 1 amide bonds. The van der Waals surface area contributed by atoms with Crippen molar-refractivity contribution in [2.24, 2.45) is 0 Å². The van der Waals surface area contributed by atoms with Crippen LogP contribution in [0.5, 0.6) is 5.75 Å². The molecule has 3 N–H and O–H groups in total. The summed E-state index contributed by atoms with van der Waals surface area (Å²) in [4.78, 5) is 11.5. The van der Waals surface area contributed by atoms with E-state index >= 15 is 0 Å². The minimum absolute atomic E-state index is 0.0891. The van der Waals surface area contributed by atoms with Gasteiger partial charge in [-0.05, 0) is 19.9 Å². The molecule has 0 radical (unpaired) electrons. The Morgan fingerprint density at radius 1 is 1.48 bits per heavy atom. The van der Waals surface area contributed by atoms with Crippen molar-refractivity contribution in [3.05, 3.63) is 35.9 Å². The first-order valence-corrected chi connectivity index (χ1v) is 6.46. The summed E-state index contributed by atoms with van der Waals surface area (Å²) < 4.78 is 20.6. The van der Waals surface area contributed by atoms with E-state index in [1.807, 2.05) is 0 Å². The normalized spacial score (nSPS) is 10.7. The van der Waals surface area contributed by atoms with E-state index in [1.165, 1.54) is 23.9 Å². The van der Waals surface area contributed by atoms with Crippen LogP contribution in [0.2, 0.25) is 0 Å². The predicted molar refractivity (Wildman–Crippen MR) is 77.1 cm³/mol. The largest absolute Gasteiger partial charge is 0.488 e. The number of anilines is 1. The quantitative estimate of drug-likeness (QED) is 0.841. The van der Waals surface area contributed by atoms with Gasteiger partial charge in [-0.2, -0.15) is 5.10 Å². The average molecular weight is 292 g/mol. The highest BCUT2D eigenvalue weighted by Gasteiger charge is 2.14. The number of hydrogen-bond acceptors (Lipinski definition) is 4. The molecule has 1 aromatic carbocycles. The smallest absolute Gasteiger partial charge is 0.271 e. The van der Waals surface area contributed by atoms with Crippen LogP contribution < -0.4 is 15.8 Å². The number of halogens is 1. The van der Waals surface area contributed by atoms with Crippen molar-refractivity contribution in [2.45, 2.75) is 20.0 Å². The Bertz CT molecular complexity index is 667. The van der Waals surface area contributed by atoms with Crippen molar-refractivity contribution < 1.29 is 13.9 Å². The topological polar surface area (TPSA) is 82.2 Å². The number of nitrogens with zero attached hydrogens (tertiary/aromatic N) is 2.